The fourth-order valence-electron chi connectivity index (χ4n) is 3.54. The van der Waals surface area contributed by atoms with Crippen molar-refractivity contribution >= 4 is 28.9 Å². The van der Waals surface area contributed by atoms with Crippen molar-refractivity contribution in [2.75, 3.05) is 0 Å². The Balaban J connectivity index is 2.65. The quantitative estimate of drug-likeness (QED) is 0.631. The predicted molar refractivity (Wildman–Crippen MR) is 113 cm³/mol. The maximum absolute atomic E-state index is 13.0. The minimum Gasteiger partial charge on any atom is -0.476 e. The van der Waals surface area contributed by atoms with Gasteiger partial charge in [0.25, 0.3) is 5.56 Å². The average Bonchev–Trinajstić information content (AvgIpc) is 2.67. The molecular formula is C22H28N2O7. The van der Waals surface area contributed by atoms with Crippen LogP contribution in [-0.2, 0) is 25.6 Å². The van der Waals surface area contributed by atoms with Crippen molar-refractivity contribution in [2.24, 2.45) is 5.92 Å². The SMILES string of the molecule is CC[C@@H](OC(C)=O)[C@@H](C)[C@H](Cn1c(=O)c(C(=O)O)nc2cc(C)c(C)cc21)OC(C)=O. The van der Waals surface area contributed by atoms with Gasteiger partial charge < -0.3 is 19.1 Å². The average molecular weight is 432 g/mol. The van der Waals surface area contributed by atoms with Crippen LogP contribution in [0.5, 0.6) is 0 Å². The van der Waals surface area contributed by atoms with Crippen molar-refractivity contribution in [1.82, 2.24) is 9.55 Å². The van der Waals surface area contributed by atoms with E-state index in [0.29, 0.717) is 17.5 Å². The van der Waals surface area contributed by atoms with E-state index in [4.69, 9.17) is 9.47 Å². The molecule has 0 amide bonds. The number of esters is 2. The first kappa shape index (κ1) is 24.0. The Morgan fingerprint density at radius 1 is 1.06 bits per heavy atom. The summed E-state index contributed by atoms with van der Waals surface area (Å²) in [6.45, 7) is 9.75. The number of ether oxygens (including phenoxy) is 2. The number of hydrogen-bond donors (Lipinski definition) is 1. The van der Waals surface area contributed by atoms with E-state index in [1.165, 1.54) is 18.4 Å². The lowest BCUT2D eigenvalue weighted by Gasteiger charge is -2.30. The normalized spacial score (nSPS) is 14.0. The molecule has 31 heavy (non-hydrogen) atoms. The Morgan fingerprint density at radius 2 is 1.61 bits per heavy atom. The molecule has 1 heterocycles. The summed E-state index contributed by atoms with van der Waals surface area (Å²) in [5.41, 5.74) is 1.16. The standard InChI is InChI=1S/C22H28N2O7/c1-7-18(30-14(5)25)13(4)19(31-15(6)26)10-24-17-9-12(3)11(2)8-16(17)23-20(21(24)27)22(28)29/h8-9,13,18-19H,7,10H2,1-6H3,(H,28,29)/t13-,18-,19+/m1/s1. The second-order valence-corrected chi connectivity index (χ2v) is 7.67. The van der Waals surface area contributed by atoms with Crippen molar-refractivity contribution in [3.63, 3.8) is 0 Å². The van der Waals surface area contributed by atoms with Gasteiger partial charge in [-0.05, 0) is 43.5 Å². The van der Waals surface area contributed by atoms with Crippen LogP contribution in [0.1, 0.15) is 55.7 Å². The predicted octanol–water partition coefficient (Wildman–Crippen LogP) is 2.62. The molecule has 9 nitrogen and oxygen atoms in total. The highest BCUT2D eigenvalue weighted by atomic mass is 16.6. The highest BCUT2D eigenvalue weighted by molar-refractivity contribution is 5.88. The Hall–Kier alpha value is -3.23. The molecule has 0 spiro atoms. The van der Waals surface area contributed by atoms with Gasteiger partial charge in [-0.2, -0.15) is 0 Å². The molecule has 1 aromatic heterocycles. The largest absolute Gasteiger partial charge is 0.476 e. The third-order valence-electron chi connectivity index (χ3n) is 5.34. The molecule has 0 unspecified atom stereocenters. The molecule has 0 bridgehead atoms. The molecule has 0 aliphatic rings. The summed E-state index contributed by atoms with van der Waals surface area (Å²) in [6.07, 6.45) is -0.912. The van der Waals surface area contributed by atoms with Crippen molar-refractivity contribution in [3.8, 4) is 0 Å². The molecule has 168 valence electrons. The van der Waals surface area contributed by atoms with Gasteiger partial charge >= 0.3 is 17.9 Å². The van der Waals surface area contributed by atoms with E-state index < -0.39 is 47.3 Å². The van der Waals surface area contributed by atoms with Gasteiger partial charge in [-0.3, -0.25) is 14.4 Å². The van der Waals surface area contributed by atoms with Gasteiger partial charge in [-0.15, -0.1) is 0 Å². The third-order valence-corrected chi connectivity index (χ3v) is 5.34. The van der Waals surface area contributed by atoms with Crippen LogP contribution < -0.4 is 5.56 Å². The zero-order chi connectivity index (χ0) is 23.5. The molecule has 0 fully saturated rings. The van der Waals surface area contributed by atoms with Crippen molar-refractivity contribution in [1.29, 1.82) is 0 Å². The van der Waals surface area contributed by atoms with E-state index in [1.807, 2.05) is 20.8 Å². The molecule has 1 N–H and O–H groups in total. The number of aromatic carboxylic acids is 1. The number of aryl methyl sites for hydroxylation is 2. The smallest absolute Gasteiger partial charge is 0.360 e. The molecule has 0 aliphatic heterocycles. The van der Waals surface area contributed by atoms with Crippen LogP contribution in [0, 0.1) is 19.8 Å². The van der Waals surface area contributed by atoms with Gasteiger partial charge in [-0.25, -0.2) is 9.78 Å². The molecule has 0 aliphatic carbocycles. The highest BCUT2D eigenvalue weighted by Gasteiger charge is 2.31. The number of benzene rings is 1. The van der Waals surface area contributed by atoms with E-state index in [9.17, 15) is 24.3 Å². The topological polar surface area (TPSA) is 125 Å². The summed E-state index contributed by atoms with van der Waals surface area (Å²) in [5, 5.41) is 9.47. The molecule has 0 radical (unpaired) electrons. The monoisotopic (exact) mass is 432 g/mol. The first-order valence-corrected chi connectivity index (χ1v) is 10.1. The van der Waals surface area contributed by atoms with Crippen molar-refractivity contribution in [2.45, 2.75) is 66.7 Å². The van der Waals surface area contributed by atoms with E-state index in [0.717, 1.165) is 11.1 Å². The lowest BCUT2D eigenvalue weighted by atomic mass is 9.95. The zero-order valence-electron chi connectivity index (χ0n) is 18.6. The zero-order valence-corrected chi connectivity index (χ0v) is 18.6. The van der Waals surface area contributed by atoms with Gasteiger partial charge in [0.2, 0.25) is 5.69 Å². The van der Waals surface area contributed by atoms with Crippen LogP contribution in [0.3, 0.4) is 0 Å². The van der Waals surface area contributed by atoms with Gasteiger partial charge in [-0.1, -0.05) is 13.8 Å². The lowest BCUT2D eigenvalue weighted by Crippen LogP contribution is -2.41. The van der Waals surface area contributed by atoms with Crippen LogP contribution in [0.15, 0.2) is 16.9 Å². The Bertz CT molecular complexity index is 1070. The van der Waals surface area contributed by atoms with Crippen molar-refractivity contribution in [3.05, 3.63) is 39.3 Å². The minimum absolute atomic E-state index is 0.112. The van der Waals surface area contributed by atoms with Gasteiger partial charge in [0.05, 0.1) is 17.6 Å². The van der Waals surface area contributed by atoms with E-state index >= 15 is 0 Å². The Kier molecular flexibility index (Phi) is 7.54. The molecule has 2 aromatic rings. The maximum Gasteiger partial charge on any atom is 0.360 e. The summed E-state index contributed by atoms with van der Waals surface area (Å²) in [4.78, 5) is 51.9. The molecule has 0 saturated heterocycles. The molecular weight excluding hydrogens is 404 g/mol. The number of nitrogens with zero attached hydrogens (tertiary/aromatic N) is 2. The van der Waals surface area contributed by atoms with Crippen LogP contribution in [-0.4, -0.2) is 44.8 Å². The lowest BCUT2D eigenvalue weighted by molar-refractivity contribution is -0.159. The van der Waals surface area contributed by atoms with Crippen LogP contribution in [0.25, 0.3) is 11.0 Å². The summed E-state index contributed by atoms with van der Waals surface area (Å²) >= 11 is 0. The number of rotatable bonds is 8. The second kappa shape index (κ2) is 9.72. The molecule has 1 aromatic carbocycles. The van der Waals surface area contributed by atoms with E-state index in [2.05, 4.69) is 4.98 Å². The fourth-order valence-corrected chi connectivity index (χ4v) is 3.54. The first-order chi connectivity index (χ1) is 14.5. The summed E-state index contributed by atoms with van der Waals surface area (Å²) < 4.78 is 12.1. The second-order valence-electron chi connectivity index (χ2n) is 7.67. The Labute approximate surface area is 180 Å². The number of carbonyl (C=O) groups excluding carboxylic acids is 2. The number of fused-ring (bicyclic) bond motifs is 1. The number of carbonyl (C=O) groups is 3. The summed E-state index contributed by atoms with van der Waals surface area (Å²) in [6, 6.07) is 3.47. The van der Waals surface area contributed by atoms with Crippen LogP contribution >= 0.6 is 0 Å². The van der Waals surface area contributed by atoms with Gasteiger partial charge in [0, 0.05) is 19.8 Å². The number of hydrogen-bond acceptors (Lipinski definition) is 7. The van der Waals surface area contributed by atoms with Gasteiger partial charge in [0.1, 0.15) is 12.2 Å². The first-order valence-electron chi connectivity index (χ1n) is 10.1. The number of carboxylic acid groups (broad SMARTS) is 1. The van der Waals surface area contributed by atoms with E-state index in [-0.39, 0.29) is 6.54 Å². The highest BCUT2D eigenvalue weighted by Crippen LogP contribution is 2.23. The molecule has 2 rings (SSSR count). The van der Waals surface area contributed by atoms with Crippen LogP contribution in [0.2, 0.25) is 0 Å². The summed E-state index contributed by atoms with van der Waals surface area (Å²) in [7, 11) is 0. The third kappa shape index (κ3) is 5.48. The number of aromatic nitrogens is 2. The molecule has 3 atom stereocenters. The number of carboxylic acids is 1. The minimum atomic E-state index is -1.44. The van der Waals surface area contributed by atoms with Crippen molar-refractivity contribution < 1.29 is 29.0 Å². The molecule has 0 saturated carbocycles. The van der Waals surface area contributed by atoms with E-state index in [1.54, 1.807) is 19.1 Å². The fraction of sp³-hybridized carbons (Fsp3) is 0.500. The Morgan fingerprint density at radius 3 is 2.13 bits per heavy atom. The maximum atomic E-state index is 13.0. The van der Waals surface area contributed by atoms with Gasteiger partial charge in [0.15, 0.2) is 0 Å². The van der Waals surface area contributed by atoms with Crippen LogP contribution in [0.4, 0.5) is 0 Å². The summed E-state index contributed by atoms with van der Waals surface area (Å²) in [5.74, 6) is -2.92. The molecule has 9 heteroatoms.